The Kier molecular flexibility index (Phi) is 3.44. The molecule has 6 heteroatoms. The predicted molar refractivity (Wildman–Crippen MR) is 76.8 cm³/mol. The highest BCUT2D eigenvalue weighted by Gasteiger charge is 2.13. The molecule has 1 aliphatic rings. The first-order valence-electron chi connectivity index (χ1n) is 6.08. The quantitative estimate of drug-likeness (QED) is 0.942. The number of aromatic carboxylic acids is 1. The Hall–Kier alpha value is -1.53. The molecule has 0 aliphatic heterocycles. The van der Waals surface area contributed by atoms with E-state index in [1.807, 2.05) is 12.2 Å². The molecular weight excluding hydrogens is 280 g/mol. The second kappa shape index (κ2) is 5.22. The third-order valence-electron chi connectivity index (χ3n) is 2.97. The molecule has 0 unspecified atom stereocenters. The molecule has 0 atom stereocenters. The molecule has 98 valence electrons. The van der Waals surface area contributed by atoms with Crippen LogP contribution in [-0.2, 0) is 12.8 Å². The van der Waals surface area contributed by atoms with Gasteiger partial charge in [-0.3, -0.25) is 0 Å². The van der Waals surface area contributed by atoms with E-state index in [0.717, 1.165) is 17.8 Å². The lowest BCUT2D eigenvalue weighted by Gasteiger charge is -2.06. The normalized spacial score (nSPS) is 14.7. The lowest BCUT2D eigenvalue weighted by Crippen LogP contribution is -1.98. The van der Waals surface area contributed by atoms with E-state index in [-0.39, 0.29) is 4.88 Å². The molecule has 2 aromatic rings. The average Bonchev–Trinajstić information content (AvgIpc) is 3.02. The summed E-state index contributed by atoms with van der Waals surface area (Å²) in [4.78, 5) is 21.1. The van der Waals surface area contributed by atoms with Gasteiger partial charge in [0.2, 0.25) is 0 Å². The topological polar surface area (TPSA) is 63.1 Å². The van der Waals surface area contributed by atoms with Crippen LogP contribution in [-0.4, -0.2) is 21.0 Å². The van der Waals surface area contributed by atoms with Crippen molar-refractivity contribution < 1.29 is 9.90 Å². The zero-order valence-corrected chi connectivity index (χ0v) is 11.8. The summed E-state index contributed by atoms with van der Waals surface area (Å²) in [5.41, 5.74) is 1.24. The van der Waals surface area contributed by atoms with Crippen LogP contribution in [0.25, 0.3) is 12.2 Å². The molecule has 0 amide bonds. The van der Waals surface area contributed by atoms with E-state index in [9.17, 15) is 4.79 Å². The Morgan fingerprint density at radius 2 is 2.00 bits per heavy atom. The smallest absolute Gasteiger partial charge is 0.347 e. The molecule has 0 fully saturated rings. The Balaban J connectivity index is 1.78. The largest absolute Gasteiger partial charge is 0.477 e. The van der Waals surface area contributed by atoms with Gasteiger partial charge in [0.25, 0.3) is 0 Å². The van der Waals surface area contributed by atoms with Crippen LogP contribution in [0, 0.1) is 0 Å². The van der Waals surface area contributed by atoms with E-state index in [2.05, 4.69) is 9.97 Å². The van der Waals surface area contributed by atoms with Crippen LogP contribution < -0.4 is 0 Å². The van der Waals surface area contributed by atoms with E-state index in [1.54, 1.807) is 11.3 Å². The highest BCUT2D eigenvalue weighted by Crippen LogP contribution is 2.27. The molecule has 0 aromatic carbocycles. The summed E-state index contributed by atoms with van der Waals surface area (Å²) in [6, 6.07) is 0. The monoisotopic (exact) mass is 292 g/mol. The van der Waals surface area contributed by atoms with Crippen molar-refractivity contribution in [2.24, 2.45) is 0 Å². The van der Waals surface area contributed by atoms with Gasteiger partial charge in [-0.15, -0.1) is 22.7 Å². The second-order valence-corrected chi connectivity index (χ2v) is 6.51. The fourth-order valence-corrected chi connectivity index (χ4v) is 3.77. The maximum Gasteiger partial charge on any atom is 0.347 e. The highest BCUT2D eigenvalue weighted by molar-refractivity contribution is 7.14. The number of thiazole rings is 2. The maximum absolute atomic E-state index is 10.8. The van der Waals surface area contributed by atoms with Gasteiger partial charge in [-0.05, 0) is 37.8 Å². The number of rotatable bonds is 3. The van der Waals surface area contributed by atoms with E-state index in [1.165, 1.54) is 40.9 Å². The fraction of sp³-hybridized carbons (Fsp3) is 0.308. The van der Waals surface area contributed by atoms with Gasteiger partial charge in [0.1, 0.15) is 14.9 Å². The van der Waals surface area contributed by atoms with E-state index in [4.69, 9.17) is 5.11 Å². The summed E-state index contributed by atoms with van der Waals surface area (Å²) in [6.07, 6.45) is 9.86. The highest BCUT2D eigenvalue weighted by atomic mass is 32.1. The molecule has 0 bridgehead atoms. The Morgan fingerprint density at radius 3 is 2.74 bits per heavy atom. The van der Waals surface area contributed by atoms with Crippen molar-refractivity contribution in [3.8, 4) is 0 Å². The number of aryl methyl sites for hydroxylation is 2. The lowest BCUT2D eigenvalue weighted by molar-refractivity contribution is 0.0702. The number of fused-ring (bicyclic) bond motifs is 1. The van der Waals surface area contributed by atoms with Crippen molar-refractivity contribution in [2.75, 3.05) is 0 Å². The third-order valence-corrected chi connectivity index (χ3v) is 5.04. The number of carbonyl (C=O) groups is 1. The van der Waals surface area contributed by atoms with Crippen LogP contribution in [0.3, 0.4) is 0 Å². The SMILES string of the molecule is O=C(O)c1cnc(/C=C/c2nc3c(s2)CCCC3)s1. The van der Waals surface area contributed by atoms with Crippen LogP contribution in [0.1, 0.15) is 43.1 Å². The van der Waals surface area contributed by atoms with Gasteiger partial charge in [-0.25, -0.2) is 14.8 Å². The van der Waals surface area contributed by atoms with Crippen molar-refractivity contribution in [1.82, 2.24) is 9.97 Å². The standard InChI is InChI=1S/C13H12N2O2S2/c16-13(17)10-7-14-11(19-10)5-6-12-15-8-3-1-2-4-9(8)18-12/h5-7H,1-4H2,(H,16,17)/b6-5+. The lowest BCUT2D eigenvalue weighted by atomic mass is 10.0. The Labute approximate surface area is 118 Å². The molecule has 3 rings (SSSR count). The van der Waals surface area contributed by atoms with Crippen molar-refractivity contribution in [3.63, 3.8) is 0 Å². The van der Waals surface area contributed by atoms with Gasteiger partial charge < -0.3 is 5.11 Å². The van der Waals surface area contributed by atoms with Gasteiger partial charge in [0.15, 0.2) is 0 Å². The summed E-state index contributed by atoms with van der Waals surface area (Å²) in [5, 5.41) is 10.5. The molecule has 0 radical (unpaired) electrons. The van der Waals surface area contributed by atoms with Gasteiger partial charge >= 0.3 is 5.97 Å². The summed E-state index contributed by atoms with van der Waals surface area (Å²) >= 11 is 2.90. The molecule has 1 N–H and O–H groups in total. The van der Waals surface area contributed by atoms with Crippen molar-refractivity contribution in [3.05, 3.63) is 31.7 Å². The van der Waals surface area contributed by atoms with E-state index in [0.29, 0.717) is 5.01 Å². The van der Waals surface area contributed by atoms with Crippen LogP contribution >= 0.6 is 22.7 Å². The molecule has 2 heterocycles. The number of carboxylic acids is 1. The van der Waals surface area contributed by atoms with E-state index >= 15 is 0 Å². The van der Waals surface area contributed by atoms with Crippen molar-refractivity contribution in [2.45, 2.75) is 25.7 Å². The van der Waals surface area contributed by atoms with Gasteiger partial charge in [0, 0.05) is 4.88 Å². The number of aromatic nitrogens is 2. The zero-order chi connectivity index (χ0) is 13.2. The average molecular weight is 292 g/mol. The minimum Gasteiger partial charge on any atom is -0.477 e. The second-order valence-electron chi connectivity index (χ2n) is 4.33. The van der Waals surface area contributed by atoms with Gasteiger partial charge in [0.05, 0.1) is 11.9 Å². The molecule has 19 heavy (non-hydrogen) atoms. The predicted octanol–water partition coefficient (Wildman–Crippen LogP) is 3.35. The summed E-state index contributed by atoms with van der Waals surface area (Å²) in [5.74, 6) is -0.929. The molecule has 2 aromatic heterocycles. The minimum atomic E-state index is -0.929. The first-order valence-corrected chi connectivity index (χ1v) is 7.71. The van der Waals surface area contributed by atoms with Crippen LogP contribution in [0.5, 0.6) is 0 Å². The van der Waals surface area contributed by atoms with Gasteiger partial charge in [-0.2, -0.15) is 0 Å². The van der Waals surface area contributed by atoms with Crippen molar-refractivity contribution in [1.29, 1.82) is 0 Å². The van der Waals surface area contributed by atoms with Crippen molar-refractivity contribution >= 4 is 40.8 Å². The molecular formula is C13H12N2O2S2. The molecule has 0 saturated carbocycles. The third kappa shape index (κ3) is 2.74. The number of carboxylic acid groups (broad SMARTS) is 1. The van der Waals surface area contributed by atoms with E-state index < -0.39 is 5.97 Å². The summed E-state index contributed by atoms with van der Waals surface area (Å²) in [6.45, 7) is 0. The van der Waals surface area contributed by atoms with Crippen LogP contribution in [0.2, 0.25) is 0 Å². The maximum atomic E-state index is 10.8. The minimum absolute atomic E-state index is 0.262. The Bertz CT molecular complexity index is 619. The Morgan fingerprint density at radius 1 is 1.21 bits per heavy atom. The molecule has 0 spiro atoms. The molecule has 0 saturated heterocycles. The fourth-order valence-electron chi connectivity index (χ4n) is 2.05. The summed E-state index contributed by atoms with van der Waals surface area (Å²) in [7, 11) is 0. The van der Waals surface area contributed by atoms with Gasteiger partial charge in [-0.1, -0.05) is 0 Å². The molecule has 1 aliphatic carbocycles. The number of hydrogen-bond donors (Lipinski definition) is 1. The first-order chi connectivity index (χ1) is 9.22. The van der Waals surface area contributed by atoms with Crippen LogP contribution in [0.15, 0.2) is 6.20 Å². The number of hydrogen-bond acceptors (Lipinski definition) is 5. The number of nitrogens with zero attached hydrogens (tertiary/aromatic N) is 2. The summed E-state index contributed by atoms with van der Waals surface area (Å²) < 4.78 is 0. The zero-order valence-electron chi connectivity index (χ0n) is 10.1. The van der Waals surface area contributed by atoms with Crippen LogP contribution in [0.4, 0.5) is 0 Å². The molecule has 4 nitrogen and oxygen atoms in total. The first kappa shape index (κ1) is 12.5.